The number of nitrogens with one attached hydrogen (secondary N) is 1. The van der Waals surface area contributed by atoms with E-state index in [4.69, 9.17) is 9.47 Å². The minimum absolute atomic E-state index is 0.0222. The van der Waals surface area contributed by atoms with Crippen molar-refractivity contribution < 1.29 is 14.3 Å². The number of likely N-dealkylation sites (tertiary alicyclic amines) is 1. The Bertz CT molecular complexity index is 836. The first kappa shape index (κ1) is 17.9. The molecule has 0 aliphatic carbocycles. The van der Waals surface area contributed by atoms with E-state index in [1.165, 1.54) is 5.56 Å². The van der Waals surface area contributed by atoms with Gasteiger partial charge in [-0.2, -0.15) is 0 Å². The first-order chi connectivity index (χ1) is 13.0. The van der Waals surface area contributed by atoms with Crippen LogP contribution < -0.4 is 5.32 Å². The molecule has 0 atom stereocenters. The van der Waals surface area contributed by atoms with Crippen LogP contribution in [0.3, 0.4) is 0 Å². The van der Waals surface area contributed by atoms with Crippen LogP contribution in [0.2, 0.25) is 0 Å². The van der Waals surface area contributed by atoms with Gasteiger partial charge in [-0.1, -0.05) is 17.7 Å². The molecule has 1 spiro atoms. The number of piperidine rings is 1. The molecule has 142 valence electrons. The summed E-state index contributed by atoms with van der Waals surface area (Å²) in [4.78, 5) is 19.1. The van der Waals surface area contributed by atoms with Crippen LogP contribution in [0.1, 0.15) is 34.3 Å². The van der Waals surface area contributed by atoms with Gasteiger partial charge < -0.3 is 19.7 Å². The number of anilines is 2. The van der Waals surface area contributed by atoms with E-state index in [-0.39, 0.29) is 5.91 Å². The van der Waals surface area contributed by atoms with Crippen LogP contribution in [0, 0.1) is 13.8 Å². The van der Waals surface area contributed by atoms with E-state index in [9.17, 15) is 4.79 Å². The summed E-state index contributed by atoms with van der Waals surface area (Å²) in [6.07, 6.45) is 3.11. The SMILES string of the molecule is Cc1ccc(Nc2cc(C(=O)N3CCC4(CC3)OCCO4)ccn2)c(C)c1. The number of amides is 1. The fourth-order valence-electron chi connectivity index (χ4n) is 3.74. The number of carbonyl (C=O) groups is 1. The van der Waals surface area contributed by atoms with Crippen molar-refractivity contribution in [1.29, 1.82) is 0 Å². The van der Waals surface area contributed by atoms with Crippen LogP contribution in [0.15, 0.2) is 36.5 Å². The van der Waals surface area contributed by atoms with Gasteiger partial charge in [0.1, 0.15) is 5.82 Å². The molecule has 0 bridgehead atoms. The molecule has 1 aromatic heterocycles. The summed E-state index contributed by atoms with van der Waals surface area (Å²) in [5, 5.41) is 3.32. The zero-order chi connectivity index (χ0) is 18.9. The van der Waals surface area contributed by atoms with Crippen LogP contribution in [0.25, 0.3) is 0 Å². The van der Waals surface area contributed by atoms with Crippen molar-refractivity contribution in [3.63, 3.8) is 0 Å². The Hall–Kier alpha value is -2.44. The molecule has 2 aromatic rings. The molecule has 2 saturated heterocycles. The maximum Gasteiger partial charge on any atom is 0.254 e. The number of benzene rings is 1. The first-order valence-electron chi connectivity index (χ1n) is 9.42. The number of aryl methyl sites for hydroxylation is 2. The summed E-state index contributed by atoms with van der Waals surface area (Å²) in [5.74, 6) is 0.225. The number of rotatable bonds is 3. The number of pyridine rings is 1. The van der Waals surface area contributed by atoms with E-state index in [0.29, 0.717) is 37.7 Å². The fraction of sp³-hybridized carbons (Fsp3) is 0.429. The lowest BCUT2D eigenvalue weighted by molar-refractivity contribution is -0.181. The van der Waals surface area contributed by atoms with Gasteiger partial charge in [0.25, 0.3) is 5.91 Å². The molecule has 3 heterocycles. The molecule has 1 amide bonds. The lowest BCUT2D eigenvalue weighted by atomic mass is 10.0. The Labute approximate surface area is 159 Å². The Kier molecular flexibility index (Phi) is 4.85. The highest BCUT2D eigenvalue weighted by Crippen LogP contribution is 2.32. The van der Waals surface area contributed by atoms with Gasteiger partial charge >= 0.3 is 0 Å². The van der Waals surface area contributed by atoms with Gasteiger partial charge in [-0.05, 0) is 37.6 Å². The van der Waals surface area contributed by atoms with E-state index in [2.05, 4.69) is 36.3 Å². The highest BCUT2D eigenvalue weighted by molar-refractivity contribution is 5.95. The van der Waals surface area contributed by atoms with Crippen LogP contribution in [0.4, 0.5) is 11.5 Å². The number of hydrogen-bond donors (Lipinski definition) is 1. The molecular formula is C21H25N3O3. The zero-order valence-electron chi connectivity index (χ0n) is 15.8. The largest absolute Gasteiger partial charge is 0.347 e. The van der Waals surface area contributed by atoms with Gasteiger partial charge in [0.15, 0.2) is 5.79 Å². The second-order valence-electron chi connectivity index (χ2n) is 7.27. The predicted molar refractivity (Wildman–Crippen MR) is 103 cm³/mol. The molecule has 1 aromatic carbocycles. The van der Waals surface area contributed by atoms with Crippen molar-refractivity contribution in [1.82, 2.24) is 9.88 Å². The zero-order valence-corrected chi connectivity index (χ0v) is 15.8. The van der Waals surface area contributed by atoms with Gasteiger partial charge in [-0.15, -0.1) is 0 Å². The molecule has 27 heavy (non-hydrogen) atoms. The molecule has 0 unspecified atom stereocenters. The summed E-state index contributed by atoms with van der Waals surface area (Å²) in [6.45, 7) is 6.69. The van der Waals surface area contributed by atoms with Gasteiger partial charge in [-0.3, -0.25) is 4.79 Å². The summed E-state index contributed by atoms with van der Waals surface area (Å²) < 4.78 is 11.5. The van der Waals surface area contributed by atoms with Gasteiger partial charge in [-0.25, -0.2) is 4.98 Å². The summed E-state index contributed by atoms with van der Waals surface area (Å²) in [7, 11) is 0. The minimum atomic E-state index is -0.468. The standard InChI is InChI=1S/C21H25N3O3/c1-15-3-4-18(16(2)13-15)23-19-14-17(5-8-22-19)20(25)24-9-6-21(7-10-24)26-11-12-27-21/h3-5,8,13-14H,6-7,9-12H2,1-2H3,(H,22,23). The van der Waals surface area contributed by atoms with Gasteiger partial charge in [0.2, 0.25) is 0 Å². The first-order valence-corrected chi connectivity index (χ1v) is 9.42. The van der Waals surface area contributed by atoms with Crippen LogP contribution in [-0.2, 0) is 9.47 Å². The van der Waals surface area contributed by atoms with Crippen molar-refractivity contribution in [2.24, 2.45) is 0 Å². The van der Waals surface area contributed by atoms with Crippen LogP contribution in [-0.4, -0.2) is 47.9 Å². The number of ether oxygens (including phenoxy) is 2. The van der Waals surface area contributed by atoms with E-state index >= 15 is 0 Å². The van der Waals surface area contributed by atoms with Crippen molar-refractivity contribution in [3.8, 4) is 0 Å². The van der Waals surface area contributed by atoms with Gasteiger partial charge in [0.05, 0.1) is 13.2 Å². The molecule has 2 fully saturated rings. The van der Waals surface area contributed by atoms with E-state index in [0.717, 1.165) is 24.1 Å². The Morgan fingerprint density at radius 1 is 1.11 bits per heavy atom. The second-order valence-corrected chi connectivity index (χ2v) is 7.27. The number of nitrogens with zero attached hydrogens (tertiary/aromatic N) is 2. The summed E-state index contributed by atoms with van der Waals surface area (Å²) >= 11 is 0. The maximum absolute atomic E-state index is 12.9. The predicted octanol–water partition coefficient (Wildman–Crippen LogP) is 3.42. The normalized spacial score (nSPS) is 18.7. The molecule has 1 N–H and O–H groups in total. The third kappa shape index (κ3) is 3.82. The van der Waals surface area contributed by atoms with Crippen molar-refractivity contribution in [3.05, 3.63) is 53.2 Å². The molecule has 0 radical (unpaired) electrons. The van der Waals surface area contributed by atoms with E-state index in [1.807, 2.05) is 17.0 Å². The average Bonchev–Trinajstić information content (AvgIpc) is 3.12. The van der Waals surface area contributed by atoms with E-state index in [1.54, 1.807) is 12.3 Å². The maximum atomic E-state index is 12.9. The van der Waals surface area contributed by atoms with Crippen molar-refractivity contribution >= 4 is 17.4 Å². The molecule has 6 heteroatoms. The lowest BCUT2D eigenvalue weighted by Crippen LogP contribution is -2.47. The Balaban J connectivity index is 1.45. The molecule has 6 nitrogen and oxygen atoms in total. The molecule has 0 saturated carbocycles. The van der Waals surface area contributed by atoms with Crippen molar-refractivity contribution in [2.75, 3.05) is 31.6 Å². The molecule has 2 aliphatic rings. The number of hydrogen-bond acceptors (Lipinski definition) is 5. The third-order valence-corrected chi connectivity index (χ3v) is 5.28. The summed E-state index contributed by atoms with van der Waals surface area (Å²) in [6, 6.07) is 9.79. The van der Waals surface area contributed by atoms with Crippen LogP contribution >= 0.6 is 0 Å². The quantitative estimate of drug-likeness (QED) is 0.901. The van der Waals surface area contributed by atoms with Crippen molar-refractivity contribution in [2.45, 2.75) is 32.5 Å². The Morgan fingerprint density at radius 2 is 1.85 bits per heavy atom. The monoisotopic (exact) mass is 367 g/mol. The van der Waals surface area contributed by atoms with Gasteiger partial charge in [0, 0.05) is 43.4 Å². The molecule has 4 rings (SSSR count). The summed E-state index contributed by atoms with van der Waals surface area (Å²) in [5.41, 5.74) is 3.99. The third-order valence-electron chi connectivity index (χ3n) is 5.28. The van der Waals surface area contributed by atoms with Crippen LogP contribution in [0.5, 0.6) is 0 Å². The fourth-order valence-corrected chi connectivity index (χ4v) is 3.74. The molecular weight excluding hydrogens is 342 g/mol. The smallest absolute Gasteiger partial charge is 0.254 e. The number of aromatic nitrogens is 1. The van der Waals surface area contributed by atoms with E-state index < -0.39 is 5.79 Å². The average molecular weight is 367 g/mol. The highest BCUT2D eigenvalue weighted by Gasteiger charge is 2.40. The minimum Gasteiger partial charge on any atom is -0.347 e. The topological polar surface area (TPSA) is 63.7 Å². The molecule has 2 aliphatic heterocycles. The highest BCUT2D eigenvalue weighted by atomic mass is 16.7. The Morgan fingerprint density at radius 3 is 2.56 bits per heavy atom. The lowest BCUT2D eigenvalue weighted by Gasteiger charge is -2.37. The number of carbonyl (C=O) groups excluding carboxylic acids is 1. The second kappa shape index (κ2) is 7.29.